The molecule has 0 aliphatic rings. The molecule has 1 unspecified atom stereocenters. The molecule has 3 nitrogen and oxygen atoms in total. The summed E-state index contributed by atoms with van der Waals surface area (Å²) in [6.07, 6.45) is 0.339. The van der Waals surface area contributed by atoms with Gasteiger partial charge >= 0.3 is 0 Å². The Morgan fingerprint density at radius 2 is 2.27 bits per heavy atom. The van der Waals surface area contributed by atoms with Crippen LogP contribution in [-0.2, 0) is 4.79 Å². The number of hydrogen-bond acceptors (Lipinski definition) is 2. The van der Waals surface area contributed by atoms with Gasteiger partial charge in [0, 0.05) is 22.6 Å². The summed E-state index contributed by atoms with van der Waals surface area (Å²) >= 11 is 3.36. The molecule has 0 aliphatic heterocycles. The topological polar surface area (TPSA) is 55.1 Å². The third kappa shape index (κ3) is 4.01. The summed E-state index contributed by atoms with van der Waals surface area (Å²) in [5.41, 5.74) is 7.41. The van der Waals surface area contributed by atoms with Crippen molar-refractivity contribution in [1.29, 1.82) is 0 Å². The molecule has 82 valence electrons. The SMILES string of the molecule is Cc1ccc(Br)cc1NC(=O)CC(C)N. The minimum Gasteiger partial charge on any atom is -0.327 e. The Bertz CT molecular complexity index is 364. The molecule has 0 aliphatic carbocycles. The Morgan fingerprint density at radius 3 is 2.87 bits per heavy atom. The number of halogens is 1. The minimum atomic E-state index is -0.113. The Labute approximate surface area is 98.2 Å². The van der Waals surface area contributed by atoms with Crippen molar-refractivity contribution in [3.63, 3.8) is 0 Å². The molecular formula is C11H15BrN2O. The molecule has 1 amide bonds. The highest BCUT2D eigenvalue weighted by atomic mass is 79.9. The predicted octanol–water partition coefficient (Wildman–Crippen LogP) is 2.43. The van der Waals surface area contributed by atoms with Gasteiger partial charge in [0.1, 0.15) is 0 Å². The fraction of sp³-hybridized carbons (Fsp3) is 0.364. The molecule has 1 rings (SSSR count). The Morgan fingerprint density at radius 1 is 1.60 bits per heavy atom. The smallest absolute Gasteiger partial charge is 0.225 e. The van der Waals surface area contributed by atoms with Crippen molar-refractivity contribution >= 4 is 27.5 Å². The minimum absolute atomic E-state index is 0.0498. The monoisotopic (exact) mass is 270 g/mol. The van der Waals surface area contributed by atoms with E-state index < -0.39 is 0 Å². The lowest BCUT2D eigenvalue weighted by molar-refractivity contribution is -0.116. The summed E-state index contributed by atoms with van der Waals surface area (Å²) in [4.78, 5) is 11.5. The molecule has 0 radical (unpaired) electrons. The number of nitrogens with two attached hydrogens (primary N) is 1. The molecule has 0 bridgehead atoms. The third-order valence-corrected chi connectivity index (χ3v) is 2.47. The molecule has 0 heterocycles. The third-order valence-electron chi connectivity index (χ3n) is 1.98. The number of rotatable bonds is 3. The zero-order chi connectivity index (χ0) is 11.4. The van der Waals surface area contributed by atoms with Crippen molar-refractivity contribution in [2.45, 2.75) is 26.3 Å². The fourth-order valence-corrected chi connectivity index (χ4v) is 1.58. The molecule has 15 heavy (non-hydrogen) atoms. The second kappa shape index (κ2) is 5.28. The van der Waals surface area contributed by atoms with Crippen LogP contribution < -0.4 is 11.1 Å². The number of hydrogen-bond donors (Lipinski definition) is 2. The summed E-state index contributed by atoms with van der Waals surface area (Å²) in [7, 11) is 0. The van der Waals surface area contributed by atoms with Gasteiger partial charge in [0.15, 0.2) is 0 Å². The first-order chi connectivity index (χ1) is 6.99. The van der Waals surface area contributed by atoms with E-state index in [0.29, 0.717) is 6.42 Å². The maximum absolute atomic E-state index is 11.5. The Balaban J connectivity index is 2.71. The summed E-state index contributed by atoms with van der Waals surface area (Å²) < 4.78 is 0.948. The van der Waals surface area contributed by atoms with Crippen LogP contribution in [0.15, 0.2) is 22.7 Å². The maximum Gasteiger partial charge on any atom is 0.225 e. The molecule has 4 heteroatoms. The average Bonchev–Trinajstić information content (AvgIpc) is 2.10. The van der Waals surface area contributed by atoms with Gasteiger partial charge in [-0.3, -0.25) is 4.79 Å². The van der Waals surface area contributed by atoms with Crippen LogP contribution in [0.5, 0.6) is 0 Å². The van der Waals surface area contributed by atoms with Crippen LogP contribution in [0.25, 0.3) is 0 Å². The van der Waals surface area contributed by atoms with E-state index >= 15 is 0 Å². The lowest BCUT2D eigenvalue weighted by atomic mass is 10.2. The highest BCUT2D eigenvalue weighted by Crippen LogP contribution is 2.20. The lowest BCUT2D eigenvalue weighted by Crippen LogP contribution is -2.24. The van der Waals surface area contributed by atoms with Gasteiger partial charge < -0.3 is 11.1 Å². The van der Waals surface area contributed by atoms with Crippen LogP contribution >= 0.6 is 15.9 Å². The molecule has 0 saturated carbocycles. The summed E-state index contributed by atoms with van der Waals surface area (Å²) in [6, 6.07) is 5.66. The van der Waals surface area contributed by atoms with Crippen LogP contribution in [0.1, 0.15) is 18.9 Å². The molecule has 1 aromatic carbocycles. The van der Waals surface area contributed by atoms with Crippen LogP contribution in [0, 0.1) is 6.92 Å². The maximum atomic E-state index is 11.5. The second-order valence-electron chi connectivity index (χ2n) is 3.69. The largest absolute Gasteiger partial charge is 0.327 e. The van der Waals surface area contributed by atoms with E-state index in [1.807, 2.05) is 32.0 Å². The number of aryl methyl sites for hydroxylation is 1. The quantitative estimate of drug-likeness (QED) is 0.887. The number of anilines is 1. The van der Waals surface area contributed by atoms with Crippen molar-refractivity contribution < 1.29 is 4.79 Å². The van der Waals surface area contributed by atoms with Crippen LogP contribution in [0.2, 0.25) is 0 Å². The zero-order valence-corrected chi connectivity index (χ0v) is 10.5. The van der Waals surface area contributed by atoms with Crippen molar-refractivity contribution in [3.8, 4) is 0 Å². The van der Waals surface area contributed by atoms with Crippen molar-refractivity contribution in [1.82, 2.24) is 0 Å². The first kappa shape index (κ1) is 12.2. The predicted molar refractivity (Wildman–Crippen MR) is 65.8 cm³/mol. The highest BCUT2D eigenvalue weighted by molar-refractivity contribution is 9.10. The Hall–Kier alpha value is -0.870. The summed E-state index contributed by atoms with van der Waals surface area (Å²) in [5, 5.41) is 2.83. The van der Waals surface area contributed by atoms with Crippen LogP contribution in [0.3, 0.4) is 0 Å². The normalized spacial score (nSPS) is 12.3. The number of nitrogens with one attached hydrogen (secondary N) is 1. The fourth-order valence-electron chi connectivity index (χ4n) is 1.22. The van der Waals surface area contributed by atoms with Crippen molar-refractivity contribution in [2.75, 3.05) is 5.32 Å². The Kier molecular flexibility index (Phi) is 4.29. The second-order valence-corrected chi connectivity index (χ2v) is 4.60. The van der Waals surface area contributed by atoms with E-state index in [-0.39, 0.29) is 11.9 Å². The standard InChI is InChI=1S/C11H15BrN2O/c1-7-3-4-9(12)6-10(7)14-11(15)5-8(2)13/h3-4,6,8H,5,13H2,1-2H3,(H,14,15). The summed E-state index contributed by atoms with van der Waals surface area (Å²) in [5.74, 6) is -0.0498. The summed E-state index contributed by atoms with van der Waals surface area (Å²) in [6.45, 7) is 3.77. The molecular weight excluding hydrogens is 256 g/mol. The first-order valence-corrected chi connectivity index (χ1v) is 5.60. The molecule has 3 N–H and O–H groups in total. The van der Waals surface area contributed by atoms with E-state index in [1.54, 1.807) is 0 Å². The molecule has 0 aromatic heterocycles. The van der Waals surface area contributed by atoms with Gasteiger partial charge in [0.2, 0.25) is 5.91 Å². The van der Waals surface area contributed by atoms with Crippen LogP contribution in [0.4, 0.5) is 5.69 Å². The molecule has 0 saturated heterocycles. The number of carbonyl (C=O) groups excluding carboxylic acids is 1. The van der Waals surface area contributed by atoms with Crippen molar-refractivity contribution in [2.24, 2.45) is 5.73 Å². The highest BCUT2D eigenvalue weighted by Gasteiger charge is 2.07. The van der Waals surface area contributed by atoms with Gasteiger partial charge in [0.25, 0.3) is 0 Å². The molecule has 1 atom stereocenters. The number of carbonyl (C=O) groups is 1. The van der Waals surface area contributed by atoms with E-state index in [9.17, 15) is 4.79 Å². The van der Waals surface area contributed by atoms with E-state index in [0.717, 1.165) is 15.7 Å². The zero-order valence-electron chi connectivity index (χ0n) is 8.88. The molecule has 0 fully saturated rings. The van der Waals surface area contributed by atoms with E-state index in [4.69, 9.17) is 5.73 Å². The lowest BCUT2D eigenvalue weighted by Gasteiger charge is -2.10. The number of amides is 1. The van der Waals surface area contributed by atoms with Gasteiger partial charge in [-0.05, 0) is 31.5 Å². The average molecular weight is 271 g/mol. The molecule has 1 aromatic rings. The van der Waals surface area contributed by atoms with E-state index in [2.05, 4.69) is 21.2 Å². The molecule has 0 spiro atoms. The number of benzene rings is 1. The van der Waals surface area contributed by atoms with Gasteiger partial charge in [-0.2, -0.15) is 0 Å². The van der Waals surface area contributed by atoms with Crippen molar-refractivity contribution in [3.05, 3.63) is 28.2 Å². The van der Waals surface area contributed by atoms with Gasteiger partial charge in [-0.15, -0.1) is 0 Å². The first-order valence-electron chi connectivity index (χ1n) is 4.80. The van der Waals surface area contributed by atoms with Gasteiger partial charge in [-0.1, -0.05) is 22.0 Å². The van der Waals surface area contributed by atoms with Gasteiger partial charge in [-0.25, -0.2) is 0 Å². The van der Waals surface area contributed by atoms with Gasteiger partial charge in [0.05, 0.1) is 0 Å². The van der Waals surface area contributed by atoms with E-state index in [1.165, 1.54) is 0 Å². The van der Waals surface area contributed by atoms with Crippen LogP contribution in [-0.4, -0.2) is 11.9 Å².